The quantitative estimate of drug-likeness (QED) is 0.286. The fourth-order valence-corrected chi connectivity index (χ4v) is 2.67. The van der Waals surface area contributed by atoms with Gasteiger partial charge in [-0.25, -0.2) is 0 Å². The Labute approximate surface area is 160 Å². The zero-order valence-corrected chi connectivity index (χ0v) is 17.3. The topological polar surface area (TPSA) is 35.5 Å². The van der Waals surface area contributed by atoms with Gasteiger partial charge in [0.1, 0.15) is 19.0 Å². The molecule has 0 spiro atoms. The molecular formula is C23H38O3. The number of esters is 1. The van der Waals surface area contributed by atoms with Gasteiger partial charge >= 0.3 is 5.97 Å². The summed E-state index contributed by atoms with van der Waals surface area (Å²) in [5.41, 5.74) is 0.944. The Morgan fingerprint density at radius 1 is 0.885 bits per heavy atom. The third-order valence-electron chi connectivity index (χ3n) is 5.01. The lowest BCUT2D eigenvalue weighted by Crippen LogP contribution is -2.27. The molecule has 0 saturated heterocycles. The first-order valence-electron chi connectivity index (χ1n) is 10.4. The molecule has 26 heavy (non-hydrogen) atoms. The van der Waals surface area contributed by atoms with Crippen LogP contribution in [0, 0.1) is 5.41 Å². The normalized spacial score (nSPS) is 11.4. The molecule has 0 unspecified atom stereocenters. The van der Waals surface area contributed by atoms with Gasteiger partial charge < -0.3 is 9.47 Å². The molecule has 0 aromatic heterocycles. The summed E-state index contributed by atoms with van der Waals surface area (Å²) in [6.07, 6.45) is 11.3. The molecule has 3 nitrogen and oxygen atoms in total. The summed E-state index contributed by atoms with van der Waals surface area (Å²) in [7, 11) is 0. The van der Waals surface area contributed by atoms with Crippen molar-refractivity contribution in [3.8, 4) is 5.75 Å². The summed E-state index contributed by atoms with van der Waals surface area (Å²) in [5.74, 6) is 0.674. The second kappa shape index (κ2) is 12.8. The third-order valence-corrected chi connectivity index (χ3v) is 5.01. The molecule has 0 N–H and O–H groups in total. The molecule has 0 bridgehead atoms. The summed E-state index contributed by atoms with van der Waals surface area (Å²) in [6.45, 7) is 8.74. The van der Waals surface area contributed by atoms with Gasteiger partial charge in [0.2, 0.25) is 0 Å². The van der Waals surface area contributed by atoms with E-state index < -0.39 is 5.41 Å². The number of rotatable bonds is 14. The van der Waals surface area contributed by atoms with Crippen molar-refractivity contribution in [2.45, 2.75) is 85.5 Å². The van der Waals surface area contributed by atoms with Crippen LogP contribution in [-0.2, 0) is 16.0 Å². The molecule has 0 amide bonds. The number of hydrogen-bond donors (Lipinski definition) is 0. The van der Waals surface area contributed by atoms with Gasteiger partial charge in [-0.3, -0.25) is 4.79 Å². The van der Waals surface area contributed by atoms with Crippen LogP contribution in [-0.4, -0.2) is 19.2 Å². The van der Waals surface area contributed by atoms with E-state index in [2.05, 4.69) is 19.1 Å². The number of benzene rings is 1. The largest absolute Gasteiger partial charge is 0.490 e. The average Bonchev–Trinajstić information content (AvgIpc) is 2.65. The third kappa shape index (κ3) is 9.26. The highest BCUT2D eigenvalue weighted by atomic mass is 16.6. The maximum atomic E-state index is 11.9. The minimum Gasteiger partial charge on any atom is -0.490 e. The lowest BCUT2D eigenvalue weighted by atomic mass is 9.91. The van der Waals surface area contributed by atoms with Crippen LogP contribution >= 0.6 is 0 Å². The lowest BCUT2D eigenvalue weighted by Gasteiger charge is -2.20. The van der Waals surface area contributed by atoms with Crippen LogP contribution in [0.2, 0.25) is 0 Å². The highest BCUT2D eigenvalue weighted by molar-refractivity contribution is 5.75. The Hall–Kier alpha value is -1.51. The minimum absolute atomic E-state index is 0.159. The van der Waals surface area contributed by atoms with E-state index >= 15 is 0 Å². The predicted molar refractivity (Wildman–Crippen MR) is 109 cm³/mol. The van der Waals surface area contributed by atoms with Gasteiger partial charge in [-0.1, -0.05) is 64.5 Å². The maximum Gasteiger partial charge on any atom is 0.311 e. The van der Waals surface area contributed by atoms with E-state index in [4.69, 9.17) is 9.47 Å². The molecule has 0 radical (unpaired) electrons. The summed E-state index contributed by atoms with van der Waals surface area (Å²) in [4.78, 5) is 11.9. The summed E-state index contributed by atoms with van der Waals surface area (Å²) in [5, 5.41) is 0. The minimum atomic E-state index is -0.419. The zero-order chi connectivity index (χ0) is 19.3. The van der Waals surface area contributed by atoms with E-state index in [-0.39, 0.29) is 5.97 Å². The Bertz CT molecular complexity index is 491. The van der Waals surface area contributed by atoms with Gasteiger partial charge in [0.15, 0.2) is 0 Å². The number of carbonyl (C=O) groups is 1. The van der Waals surface area contributed by atoms with Crippen LogP contribution in [0.4, 0.5) is 0 Å². The number of unbranched alkanes of at least 4 members (excludes halogenated alkanes) is 6. The monoisotopic (exact) mass is 362 g/mol. The van der Waals surface area contributed by atoms with Crippen molar-refractivity contribution >= 4 is 5.97 Å². The number of aryl methyl sites for hydroxylation is 1. The van der Waals surface area contributed by atoms with E-state index in [0.717, 1.165) is 18.6 Å². The van der Waals surface area contributed by atoms with E-state index in [0.29, 0.717) is 13.2 Å². The Balaban J connectivity index is 2.16. The first kappa shape index (κ1) is 22.5. The lowest BCUT2D eigenvalue weighted by molar-refractivity contribution is -0.154. The van der Waals surface area contributed by atoms with Gasteiger partial charge in [0, 0.05) is 0 Å². The van der Waals surface area contributed by atoms with Gasteiger partial charge in [-0.2, -0.15) is 0 Å². The van der Waals surface area contributed by atoms with Crippen molar-refractivity contribution in [2.24, 2.45) is 5.41 Å². The molecule has 148 valence electrons. The highest BCUT2D eigenvalue weighted by Crippen LogP contribution is 2.21. The van der Waals surface area contributed by atoms with Gasteiger partial charge in [-0.05, 0) is 50.8 Å². The second-order valence-corrected chi connectivity index (χ2v) is 7.74. The molecule has 0 heterocycles. The highest BCUT2D eigenvalue weighted by Gasteiger charge is 2.26. The molecule has 0 aliphatic rings. The molecule has 0 atom stereocenters. The summed E-state index contributed by atoms with van der Waals surface area (Å²) < 4.78 is 10.9. The van der Waals surface area contributed by atoms with Crippen LogP contribution in [0.5, 0.6) is 5.75 Å². The van der Waals surface area contributed by atoms with Crippen molar-refractivity contribution in [2.75, 3.05) is 13.2 Å². The van der Waals surface area contributed by atoms with Crippen LogP contribution in [0.15, 0.2) is 24.3 Å². The SMILES string of the molecule is CCCCCCCCCc1ccc(OCCOC(=O)C(C)(C)CC)cc1. The van der Waals surface area contributed by atoms with Crippen molar-refractivity contribution < 1.29 is 14.3 Å². The van der Waals surface area contributed by atoms with Crippen molar-refractivity contribution in [1.82, 2.24) is 0 Å². The van der Waals surface area contributed by atoms with Crippen LogP contribution < -0.4 is 4.74 Å². The van der Waals surface area contributed by atoms with Crippen molar-refractivity contribution in [1.29, 1.82) is 0 Å². The molecule has 0 aliphatic heterocycles. The molecular weight excluding hydrogens is 324 g/mol. The molecule has 3 heteroatoms. The number of carbonyl (C=O) groups excluding carboxylic acids is 1. The molecule has 0 fully saturated rings. The maximum absolute atomic E-state index is 11.9. The molecule has 0 saturated carbocycles. The Morgan fingerprint density at radius 3 is 2.12 bits per heavy atom. The van der Waals surface area contributed by atoms with Gasteiger partial charge in [0.25, 0.3) is 0 Å². The zero-order valence-electron chi connectivity index (χ0n) is 17.3. The van der Waals surface area contributed by atoms with Crippen LogP contribution in [0.1, 0.15) is 84.6 Å². The summed E-state index contributed by atoms with van der Waals surface area (Å²) >= 11 is 0. The number of ether oxygens (including phenoxy) is 2. The smallest absolute Gasteiger partial charge is 0.311 e. The Kier molecular flexibility index (Phi) is 11.1. The van der Waals surface area contributed by atoms with E-state index in [1.165, 1.54) is 50.5 Å². The average molecular weight is 363 g/mol. The van der Waals surface area contributed by atoms with E-state index in [9.17, 15) is 4.79 Å². The molecule has 1 rings (SSSR count). The Morgan fingerprint density at radius 2 is 1.50 bits per heavy atom. The predicted octanol–water partition coefficient (Wildman–Crippen LogP) is 6.34. The van der Waals surface area contributed by atoms with Crippen LogP contribution in [0.25, 0.3) is 0 Å². The van der Waals surface area contributed by atoms with Gasteiger partial charge in [-0.15, -0.1) is 0 Å². The van der Waals surface area contributed by atoms with E-state index in [1.807, 2.05) is 32.9 Å². The fraction of sp³-hybridized carbons (Fsp3) is 0.696. The van der Waals surface area contributed by atoms with Crippen molar-refractivity contribution in [3.05, 3.63) is 29.8 Å². The molecule has 1 aromatic rings. The first-order chi connectivity index (χ1) is 12.5. The second-order valence-electron chi connectivity index (χ2n) is 7.74. The summed E-state index contributed by atoms with van der Waals surface area (Å²) in [6, 6.07) is 8.29. The fourth-order valence-electron chi connectivity index (χ4n) is 2.67. The standard InChI is InChI=1S/C23H38O3/c1-5-7-8-9-10-11-12-13-20-14-16-21(17-15-20)25-18-19-26-22(24)23(3,4)6-2/h14-17H,5-13,18-19H2,1-4H3. The van der Waals surface area contributed by atoms with Crippen molar-refractivity contribution in [3.63, 3.8) is 0 Å². The van der Waals surface area contributed by atoms with E-state index in [1.54, 1.807) is 0 Å². The first-order valence-corrected chi connectivity index (χ1v) is 10.4. The van der Waals surface area contributed by atoms with Crippen LogP contribution in [0.3, 0.4) is 0 Å². The molecule has 1 aromatic carbocycles. The molecule has 0 aliphatic carbocycles. The number of hydrogen-bond acceptors (Lipinski definition) is 3. The van der Waals surface area contributed by atoms with Gasteiger partial charge in [0.05, 0.1) is 5.41 Å².